The summed E-state index contributed by atoms with van der Waals surface area (Å²) in [5, 5.41) is 11.6. The third-order valence-electron chi connectivity index (χ3n) is 4.93. The SMILES string of the molecule is COc1ccc(Nc2cc(C)nc(Nc3ccc(NC(=O)Nc4cccc(OC(F)F)c4)cc3)n2)cc1. The van der Waals surface area contributed by atoms with Crippen LogP contribution in [0.1, 0.15) is 5.69 Å². The van der Waals surface area contributed by atoms with Crippen LogP contribution in [0.5, 0.6) is 11.5 Å². The highest BCUT2D eigenvalue weighted by Crippen LogP contribution is 2.23. The molecule has 0 unspecified atom stereocenters. The van der Waals surface area contributed by atoms with Gasteiger partial charge in [-0.1, -0.05) is 6.07 Å². The van der Waals surface area contributed by atoms with E-state index in [0.717, 1.165) is 17.1 Å². The van der Waals surface area contributed by atoms with E-state index in [1.807, 2.05) is 37.3 Å². The Bertz CT molecular complexity index is 1350. The van der Waals surface area contributed by atoms with Crippen molar-refractivity contribution >= 4 is 40.5 Å². The predicted molar refractivity (Wildman–Crippen MR) is 138 cm³/mol. The highest BCUT2D eigenvalue weighted by Gasteiger charge is 2.08. The first-order chi connectivity index (χ1) is 17.9. The molecular formula is C26H24F2N6O3. The maximum absolute atomic E-state index is 12.4. The molecule has 2 amide bonds. The molecule has 4 N–H and O–H groups in total. The van der Waals surface area contributed by atoms with Crippen LogP contribution < -0.4 is 30.7 Å². The average Bonchev–Trinajstić information content (AvgIpc) is 2.85. The predicted octanol–water partition coefficient (Wildman–Crippen LogP) is 6.53. The number of hydrogen-bond donors (Lipinski definition) is 4. The van der Waals surface area contributed by atoms with Crippen molar-refractivity contribution in [2.24, 2.45) is 0 Å². The zero-order valence-corrected chi connectivity index (χ0v) is 20.0. The third kappa shape index (κ3) is 7.52. The second kappa shape index (κ2) is 11.7. The van der Waals surface area contributed by atoms with Gasteiger partial charge in [-0.2, -0.15) is 13.8 Å². The van der Waals surface area contributed by atoms with Gasteiger partial charge < -0.3 is 30.7 Å². The molecule has 1 aromatic heterocycles. The van der Waals surface area contributed by atoms with E-state index >= 15 is 0 Å². The van der Waals surface area contributed by atoms with Crippen LogP contribution in [0.25, 0.3) is 0 Å². The van der Waals surface area contributed by atoms with Crippen molar-refractivity contribution in [2.45, 2.75) is 13.5 Å². The highest BCUT2D eigenvalue weighted by atomic mass is 19.3. The molecule has 190 valence electrons. The number of methoxy groups -OCH3 is 1. The molecule has 4 aromatic rings. The van der Waals surface area contributed by atoms with Crippen molar-refractivity contribution in [1.29, 1.82) is 0 Å². The van der Waals surface area contributed by atoms with Gasteiger partial charge in [-0.15, -0.1) is 0 Å². The smallest absolute Gasteiger partial charge is 0.387 e. The molecule has 4 rings (SSSR count). The number of aromatic nitrogens is 2. The molecule has 0 aliphatic carbocycles. The van der Waals surface area contributed by atoms with Crippen molar-refractivity contribution in [3.05, 3.63) is 84.6 Å². The molecule has 1 heterocycles. The monoisotopic (exact) mass is 506 g/mol. The number of hydrogen-bond acceptors (Lipinski definition) is 7. The zero-order chi connectivity index (χ0) is 26.2. The maximum Gasteiger partial charge on any atom is 0.387 e. The Morgan fingerprint density at radius 1 is 0.784 bits per heavy atom. The van der Waals surface area contributed by atoms with Gasteiger partial charge in [0.05, 0.1) is 7.11 Å². The number of aryl methyl sites for hydroxylation is 1. The van der Waals surface area contributed by atoms with E-state index in [0.29, 0.717) is 28.8 Å². The molecule has 0 fully saturated rings. The quantitative estimate of drug-likeness (QED) is 0.204. The molecule has 11 heteroatoms. The molecule has 0 radical (unpaired) electrons. The van der Waals surface area contributed by atoms with Gasteiger partial charge >= 0.3 is 12.6 Å². The summed E-state index contributed by atoms with van der Waals surface area (Å²) >= 11 is 0. The molecule has 0 bridgehead atoms. The Labute approximate surface area is 211 Å². The summed E-state index contributed by atoms with van der Waals surface area (Å²) in [5.74, 6) is 1.73. The van der Waals surface area contributed by atoms with Crippen molar-refractivity contribution in [2.75, 3.05) is 28.4 Å². The summed E-state index contributed by atoms with van der Waals surface area (Å²) in [4.78, 5) is 21.2. The van der Waals surface area contributed by atoms with Crippen molar-refractivity contribution in [3.63, 3.8) is 0 Å². The molecule has 0 aliphatic heterocycles. The number of halogens is 2. The lowest BCUT2D eigenvalue weighted by atomic mass is 10.2. The first-order valence-electron chi connectivity index (χ1n) is 11.1. The molecule has 0 aliphatic rings. The van der Waals surface area contributed by atoms with Gasteiger partial charge in [0, 0.05) is 40.6 Å². The summed E-state index contributed by atoms with van der Waals surface area (Å²) in [6, 6.07) is 21.4. The molecule has 0 saturated heterocycles. The second-order valence-electron chi connectivity index (χ2n) is 7.76. The van der Waals surface area contributed by atoms with E-state index < -0.39 is 12.6 Å². The first kappa shape index (κ1) is 25.2. The van der Waals surface area contributed by atoms with Crippen LogP contribution in [0, 0.1) is 6.92 Å². The van der Waals surface area contributed by atoms with Gasteiger partial charge in [0.15, 0.2) is 0 Å². The lowest BCUT2D eigenvalue weighted by Gasteiger charge is -2.12. The van der Waals surface area contributed by atoms with Crippen molar-refractivity contribution < 1.29 is 23.0 Å². The Balaban J connectivity index is 1.35. The van der Waals surface area contributed by atoms with E-state index in [9.17, 15) is 13.6 Å². The fourth-order valence-corrected chi connectivity index (χ4v) is 3.32. The molecule has 37 heavy (non-hydrogen) atoms. The van der Waals surface area contributed by atoms with Crippen LogP contribution in [0.3, 0.4) is 0 Å². The number of benzene rings is 3. The normalized spacial score (nSPS) is 10.5. The Kier molecular flexibility index (Phi) is 7.94. The minimum Gasteiger partial charge on any atom is -0.497 e. The van der Waals surface area contributed by atoms with Gasteiger partial charge in [0.2, 0.25) is 5.95 Å². The summed E-state index contributed by atoms with van der Waals surface area (Å²) in [7, 11) is 1.61. The summed E-state index contributed by atoms with van der Waals surface area (Å²) in [5.41, 5.74) is 3.17. The molecular weight excluding hydrogens is 482 g/mol. The van der Waals surface area contributed by atoms with Crippen molar-refractivity contribution in [3.8, 4) is 11.5 Å². The topological polar surface area (TPSA) is 109 Å². The van der Waals surface area contributed by atoms with Crippen LogP contribution in [0.4, 0.5) is 48.1 Å². The number of carbonyl (C=O) groups excluding carboxylic acids is 1. The minimum atomic E-state index is -2.95. The van der Waals surface area contributed by atoms with Gasteiger partial charge in [-0.05, 0) is 67.6 Å². The number of amides is 2. The molecule has 0 saturated carbocycles. The maximum atomic E-state index is 12.4. The van der Waals surface area contributed by atoms with Crippen molar-refractivity contribution in [1.82, 2.24) is 9.97 Å². The van der Waals surface area contributed by atoms with E-state index in [1.54, 1.807) is 37.4 Å². The molecule has 3 aromatic carbocycles. The number of alkyl halides is 2. The van der Waals surface area contributed by atoms with E-state index in [2.05, 4.69) is 36.0 Å². The fourth-order valence-electron chi connectivity index (χ4n) is 3.32. The minimum absolute atomic E-state index is 0.0519. The molecule has 9 nitrogen and oxygen atoms in total. The summed E-state index contributed by atoms with van der Waals surface area (Å²) < 4.78 is 34.3. The lowest BCUT2D eigenvalue weighted by molar-refractivity contribution is -0.0498. The van der Waals surface area contributed by atoms with Gasteiger partial charge in [-0.25, -0.2) is 9.78 Å². The van der Waals surface area contributed by atoms with E-state index in [1.165, 1.54) is 18.2 Å². The summed E-state index contributed by atoms with van der Waals surface area (Å²) in [6.07, 6.45) is 0. The van der Waals surface area contributed by atoms with E-state index in [-0.39, 0.29) is 5.75 Å². The first-order valence-corrected chi connectivity index (χ1v) is 11.1. The number of nitrogens with one attached hydrogen (secondary N) is 4. The summed E-state index contributed by atoms with van der Waals surface area (Å²) in [6.45, 7) is -1.08. The number of carbonyl (C=O) groups is 1. The van der Waals surface area contributed by atoms with Gasteiger partial charge in [0.25, 0.3) is 0 Å². The van der Waals surface area contributed by atoms with Gasteiger partial charge in [-0.3, -0.25) is 0 Å². The zero-order valence-electron chi connectivity index (χ0n) is 20.0. The van der Waals surface area contributed by atoms with Crippen LogP contribution in [-0.2, 0) is 0 Å². The Morgan fingerprint density at radius 2 is 1.43 bits per heavy atom. The van der Waals surface area contributed by atoms with Gasteiger partial charge in [0.1, 0.15) is 17.3 Å². The Morgan fingerprint density at radius 3 is 2.14 bits per heavy atom. The number of urea groups is 1. The average molecular weight is 507 g/mol. The standard InChI is InChI=1S/C26H24F2N6O3/c1-16-14-23(30-17-10-12-21(36-2)13-11-17)34-25(29-16)31-18-6-8-19(9-7-18)32-26(35)33-20-4-3-5-22(15-20)37-24(27)28/h3-15,24H,1-2H3,(H2,32,33,35)(H2,29,30,31,34). The second-order valence-corrected chi connectivity index (χ2v) is 7.76. The number of anilines is 6. The third-order valence-corrected chi connectivity index (χ3v) is 4.93. The number of rotatable bonds is 9. The highest BCUT2D eigenvalue weighted by molar-refractivity contribution is 5.99. The number of ether oxygens (including phenoxy) is 2. The lowest BCUT2D eigenvalue weighted by Crippen LogP contribution is -2.19. The van der Waals surface area contributed by atoms with Crippen LogP contribution in [0.15, 0.2) is 78.9 Å². The number of nitrogens with zero attached hydrogens (tertiary/aromatic N) is 2. The van der Waals surface area contributed by atoms with Crippen LogP contribution in [0.2, 0.25) is 0 Å². The van der Waals surface area contributed by atoms with E-state index in [4.69, 9.17) is 4.74 Å². The Hall–Kier alpha value is -4.93. The molecule has 0 spiro atoms. The van der Waals surface area contributed by atoms with Crippen LogP contribution in [-0.4, -0.2) is 29.7 Å². The van der Waals surface area contributed by atoms with Crippen LogP contribution >= 0.6 is 0 Å². The largest absolute Gasteiger partial charge is 0.497 e. The fraction of sp³-hybridized carbons (Fsp3) is 0.115. The molecule has 0 atom stereocenters.